The first-order valence-electron chi connectivity index (χ1n) is 6.19. The molecule has 1 N–H and O–H groups in total. The molecule has 0 bridgehead atoms. The zero-order chi connectivity index (χ0) is 12.8. The summed E-state index contributed by atoms with van der Waals surface area (Å²) in [6.45, 7) is 0. The van der Waals surface area contributed by atoms with Gasteiger partial charge in [0.1, 0.15) is 11.4 Å². The molecule has 0 amide bonds. The van der Waals surface area contributed by atoms with E-state index in [2.05, 4.69) is 23.7 Å². The highest BCUT2D eigenvalue weighted by molar-refractivity contribution is 5.40. The number of benzene rings is 1. The SMILES string of the molecule is OC1(C#CC#Cc2ccc(F)cc2)CCCCC1. The van der Waals surface area contributed by atoms with Gasteiger partial charge in [0.2, 0.25) is 0 Å². The zero-order valence-electron chi connectivity index (χ0n) is 10.2. The van der Waals surface area contributed by atoms with Gasteiger partial charge >= 0.3 is 0 Å². The normalized spacial score (nSPS) is 17.0. The summed E-state index contributed by atoms with van der Waals surface area (Å²) in [5, 5.41) is 10.1. The fraction of sp³-hybridized carbons (Fsp3) is 0.375. The molecular formula is C16H15FO. The second-order valence-corrected chi connectivity index (χ2v) is 4.60. The lowest BCUT2D eigenvalue weighted by Crippen LogP contribution is -2.29. The first-order chi connectivity index (χ1) is 8.68. The van der Waals surface area contributed by atoms with Crippen molar-refractivity contribution in [3.63, 3.8) is 0 Å². The van der Waals surface area contributed by atoms with Gasteiger partial charge in [-0.05, 0) is 61.8 Å². The van der Waals surface area contributed by atoms with E-state index in [0.29, 0.717) is 0 Å². The third kappa shape index (κ3) is 3.62. The lowest BCUT2D eigenvalue weighted by molar-refractivity contribution is 0.0610. The van der Waals surface area contributed by atoms with Gasteiger partial charge in [-0.1, -0.05) is 18.3 Å². The van der Waals surface area contributed by atoms with Crippen LogP contribution in [0.1, 0.15) is 37.7 Å². The molecule has 0 heterocycles. The summed E-state index contributed by atoms with van der Waals surface area (Å²) in [5.41, 5.74) is -0.128. The molecule has 0 aliphatic heterocycles. The first kappa shape index (κ1) is 12.7. The molecular weight excluding hydrogens is 227 g/mol. The molecule has 0 unspecified atom stereocenters. The van der Waals surface area contributed by atoms with Crippen molar-refractivity contribution in [1.29, 1.82) is 0 Å². The number of hydrogen-bond donors (Lipinski definition) is 1. The molecule has 2 heteroatoms. The summed E-state index contributed by atoms with van der Waals surface area (Å²) >= 11 is 0. The van der Waals surface area contributed by atoms with Crippen molar-refractivity contribution >= 4 is 0 Å². The minimum absolute atomic E-state index is 0.275. The van der Waals surface area contributed by atoms with E-state index in [-0.39, 0.29) is 5.82 Å². The van der Waals surface area contributed by atoms with E-state index in [4.69, 9.17) is 0 Å². The van der Waals surface area contributed by atoms with Crippen LogP contribution in [0.3, 0.4) is 0 Å². The molecule has 1 aromatic carbocycles. The summed E-state index contributed by atoms with van der Waals surface area (Å²) in [6, 6.07) is 5.96. The maximum Gasteiger partial charge on any atom is 0.126 e. The second kappa shape index (κ2) is 5.71. The van der Waals surface area contributed by atoms with E-state index in [0.717, 1.165) is 31.2 Å². The van der Waals surface area contributed by atoms with Gasteiger partial charge in [0.05, 0.1) is 0 Å². The van der Waals surface area contributed by atoms with E-state index in [1.165, 1.54) is 18.6 Å². The second-order valence-electron chi connectivity index (χ2n) is 4.60. The standard InChI is InChI=1S/C16H15FO/c17-15-9-7-14(8-10-15)6-2-5-13-16(18)11-3-1-4-12-16/h7-10,18H,1,3-4,11-12H2. The van der Waals surface area contributed by atoms with Gasteiger partial charge in [0.25, 0.3) is 0 Å². The Morgan fingerprint density at radius 2 is 1.67 bits per heavy atom. The van der Waals surface area contributed by atoms with E-state index in [1.54, 1.807) is 12.1 Å². The number of hydrogen-bond acceptors (Lipinski definition) is 1. The van der Waals surface area contributed by atoms with Crippen LogP contribution in [0.2, 0.25) is 0 Å². The van der Waals surface area contributed by atoms with Crippen molar-refractivity contribution in [2.45, 2.75) is 37.7 Å². The van der Waals surface area contributed by atoms with Crippen LogP contribution in [-0.4, -0.2) is 10.7 Å². The first-order valence-corrected chi connectivity index (χ1v) is 6.19. The van der Waals surface area contributed by atoms with Crippen LogP contribution < -0.4 is 0 Å². The number of aliphatic hydroxyl groups is 1. The van der Waals surface area contributed by atoms with Crippen LogP contribution in [0, 0.1) is 29.5 Å². The minimum atomic E-state index is -0.851. The summed E-state index contributed by atoms with van der Waals surface area (Å²) in [7, 11) is 0. The van der Waals surface area contributed by atoms with Gasteiger partial charge in [0.15, 0.2) is 0 Å². The van der Waals surface area contributed by atoms with Gasteiger partial charge in [-0.15, -0.1) is 0 Å². The van der Waals surface area contributed by atoms with Crippen molar-refractivity contribution in [2.75, 3.05) is 0 Å². The lowest BCUT2D eigenvalue weighted by atomic mass is 9.85. The van der Waals surface area contributed by atoms with Crippen LogP contribution in [0.5, 0.6) is 0 Å². The van der Waals surface area contributed by atoms with Crippen molar-refractivity contribution in [2.24, 2.45) is 0 Å². The maximum atomic E-state index is 12.7. The Kier molecular flexibility index (Phi) is 4.03. The van der Waals surface area contributed by atoms with Crippen molar-refractivity contribution in [3.8, 4) is 23.7 Å². The summed E-state index contributed by atoms with van der Waals surface area (Å²) < 4.78 is 12.7. The van der Waals surface area contributed by atoms with Crippen molar-refractivity contribution in [3.05, 3.63) is 35.6 Å². The Balaban J connectivity index is 2.01. The summed E-state index contributed by atoms with van der Waals surface area (Å²) in [6.07, 6.45) is 4.69. The van der Waals surface area contributed by atoms with Crippen molar-refractivity contribution < 1.29 is 9.50 Å². The molecule has 1 aromatic rings. The molecule has 0 spiro atoms. The lowest BCUT2D eigenvalue weighted by Gasteiger charge is -2.26. The van der Waals surface area contributed by atoms with Crippen LogP contribution in [0.15, 0.2) is 24.3 Å². The smallest absolute Gasteiger partial charge is 0.126 e. The molecule has 1 aliphatic rings. The highest BCUT2D eigenvalue weighted by atomic mass is 19.1. The van der Waals surface area contributed by atoms with Gasteiger partial charge in [-0.3, -0.25) is 0 Å². The molecule has 18 heavy (non-hydrogen) atoms. The van der Waals surface area contributed by atoms with Crippen LogP contribution in [0.25, 0.3) is 0 Å². The topological polar surface area (TPSA) is 20.2 Å². The van der Waals surface area contributed by atoms with Gasteiger partial charge in [-0.2, -0.15) is 0 Å². The van der Waals surface area contributed by atoms with Crippen molar-refractivity contribution in [1.82, 2.24) is 0 Å². The summed E-state index contributed by atoms with van der Waals surface area (Å²) in [5.74, 6) is 10.8. The molecule has 1 nitrogen and oxygen atoms in total. The third-order valence-corrected chi connectivity index (χ3v) is 3.09. The highest BCUT2D eigenvalue weighted by Gasteiger charge is 2.26. The molecule has 1 saturated carbocycles. The average Bonchev–Trinajstić information content (AvgIpc) is 2.38. The van der Waals surface area contributed by atoms with Gasteiger partial charge in [0, 0.05) is 5.56 Å². The number of halogens is 1. The zero-order valence-corrected chi connectivity index (χ0v) is 10.2. The number of rotatable bonds is 0. The molecule has 1 aliphatic carbocycles. The predicted octanol–water partition coefficient (Wildman–Crippen LogP) is 2.88. The van der Waals surface area contributed by atoms with Crippen LogP contribution in [-0.2, 0) is 0 Å². The van der Waals surface area contributed by atoms with E-state index in [1.807, 2.05) is 0 Å². The summed E-state index contributed by atoms with van der Waals surface area (Å²) in [4.78, 5) is 0. The predicted molar refractivity (Wildman–Crippen MR) is 69.1 cm³/mol. The molecule has 92 valence electrons. The van der Waals surface area contributed by atoms with Crippen LogP contribution >= 0.6 is 0 Å². The molecule has 1 fully saturated rings. The minimum Gasteiger partial charge on any atom is -0.378 e. The van der Waals surface area contributed by atoms with E-state index >= 15 is 0 Å². The van der Waals surface area contributed by atoms with E-state index in [9.17, 15) is 9.50 Å². The van der Waals surface area contributed by atoms with E-state index < -0.39 is 5.60 Å². The highest BCUT2D eigenvalue weighted by Crippen LogP contribution is 2.26. The Bertz CT molecular complexity index is 516. The Hall–Kier alpha value is -1.77. The van der Waals surface area contributed by atoms with Crippen LogP contribution in [0.4, 0.5) is 4.39 Å². The van der Waals surface area contributed by atoms with Gasteiger partial charge < -0.3 is 5.11 Å². The fourth-order valence-corrected chi connectivity index (χ4v) is 2.05. The Morgan fingerprint density at radius 1 is 1.00 bits per heavy atom. The molecule has 0 aromatic heterocycles. The maximum absolute atomic E-state index is 12.7. The monoisotopic (exact) mass is 242 g/mol. The Labute approximate surface area is 107 Å². The largest absolute Gasteiger partial charge is 0.378 e. The Morgan fingerprint density at radius 3 is 2.33 bits per heavy atom. The molecule has 2 rings (SSSR count). The quantitative estimate of drug-likeness (QED) is 0.694. The van der Waals surface area contributed by atoms with Gasteiger partial charge in [-0.25, -0.2) is 4.39 Å². The molecule has 0 saturated heterocycles. The molecule has 0 radical (unpaired) electrons. The third-order valence-electron chi connectivity index (χ3n) is 3.09. The average molecular weight is 242 g/mol. The molecule has 0 atom stereocenters. The fourth-order valence-electron chi connectivity index (χ4n) is 2.05.